The van der Waals surface area contributed by atoms with Gasteiger partial charge in [-0.15, -0.1) is 6.58 Å². The summed E-state index contributed by atoms with van der Waals surface area (Å²) in [4.78, 5) is 0. The van der Waals surface area contributed by atoms with Crippen LogP contribution in [0, 0.1) is 0 Å². The Balaban J connectivity index is 1.80. The first-order valence-corrected chi connectivity index (χ1v) is 8.79. The minimum atomic E-state index is 0.544. The number of ether oxygens (including phenoxy) is 3. The molecule has 3 nitrogen and oxygen atoms in total. The number of hydrogen-bond donors (Lipinski definition) is 0. The highest BCUT2D eigenvalue weighted by atomic mass is 79.9. The zero-order valence-electron chi connectivity index (χ0n) is 13.6. The van der Waals surface area contributed by atoms with Crippen molar-refractivity contribution < 1.29 is 14.2 Å². The fourth-order valence-corrected chi connectivity index (χ4v) is 2.94. The second-order valence-corrected chi connectivity index (χ2v) is 6.39. The van der Waals surface area contributed by atoms with E-state index in [1.54, 1.807) is 13.2 Å². The van der Waals surface area contributed by atoms with Crippen molar-refractivity contribution >= 4 is 27.5 Å². The molecule has 2 rings (SSSR count). The van der Waals surface area contributed by atoms with Crippen molar-refractivity contribution in [3.05, 3.63) is 64.1 Å². The van der Waals surface area contributed by atoms with Crippen molar-refractivity contribution in [2.75, 3.05) is 20.3 Å². The average Bonchev–Trinajstić information content (AvgIpc) is 2.57. The maximum absolute atomic E-state index is 5.91. The highest BCUT2D eigenvalue weighted by molar-refractivity contribution is 9.10. The molecule has 0 bridgehead atoms. The molecular formula is C19H20BrClO3. The summed E-state index contributed by atoms with van der Waals surface area (Å²) in [5.41, 5.74) is 1.14. The minimum absolute atomic E-state index is 0.544. The molecule has 128 valence electrons. The van der Waals surface area contributed by atoms with Crippen molar-refractivity contribution in [2.45, 2.75) is 12.8 Å². The van der Waals surface area contributed by atoms with Crippen LogP contribution in [0.5, 0.6) is 17.2 Å². The molecule has 0 aliphatic carbocycles. The topological polar surface area (TPSA) is 27.7 Å². The molecule has 0 spiro atoms. The number of halogens is 2. The maximum Gasteiger partial charge on any atom is 0.161 e. The minimum Gasteiger partial charge on any atom is -0.493 e. The van der Waals surface area contributed by atoms with Gasteiger partial charge in [-0.3, -0.25) is 0 Å². The van der Waals surface area contributed by atoms with Crippen molar-refractivity contribution in [3.63, 3.8) is 0 Å². The molecule has 0 saturated carbocycles. The summed E-state index contributed by atoms with van der Waals surface area (Å²) in [6.07, 6.45) is 3.43. The third-order valence-corrected chi connectivity index (χ3v) is 4.16. The SMILES string of the molecule is C=CCc1ccc(OCCCOc2ccc(Cl)cc2Br)c(OC)c1. The fourth-order valence-electron chi connectivity index (χ4n) is 2.14. The summed E-state index contributed by atoms with van der Waals surface area (Å²) in [7, 11) is 1.64. The first kappa shape index (κ1) is 18.7. The van der Waals surface area contributed by atoms with Gasteiger partial charge in [-0.25, -0.2) is 0 Å². The Bertz CT molecular complexity index is 688. The van der Waals surface area contributed by atoms with Crippen LogP contribution in [-0.2, 0) is 6.42 Å². The van der Waals surface area contributed by atoms with Gasteiger partial charge in [-0.05, 0) is 58.2 Å². The molecule has 2 aromatic rings. The van der Waals surface area contributed by atoms with E-state index < -0.39 is 0 Å². The number of benzene rings is 2. The molecule has 0 atom stereocenters. The lowest BCUT2D eigenvalue weighted by atomic mass is 10.1. The molecule has 0 aromatic heterocycles. The van der Waals surface area contributed by atoms with Crippen LogP contribution in [-0.4, -0.2) is 20.3 Å². The molecule has 0 saturated heterocycles. The summed E-state index contributed by atoms with van der Waals surface area (Å²) in [6.45, 7) is 4.84. The molecule has 0 aliphatic heterocycles. The van der Waals surface area contributed by atoms with Crippen molar-refractivity contribution in [3.8, 4) is 17.2 Å². The van der Waals surface area contributed by atoms with E-state index in [1.165, 1.54) is 0 Å². The van der Waals surface area contributed by atoms with Crippen molar-refractivity contribution in [1.29, 1.82) is 0 Å². The van der Waals surface area contributed by atoms with Gasteiger partial charge >= 0.3 is 0 Å². The molecule has 0 aliphatic rings. The second kappa shape index (κ2) is 9.60. The predicted molar refractivity (Wildman–Crippen MR) is 102 cm³/mol. The monoisotopic (exact) mass is 410 g/mol. The van der Waals surface area contributed by atoms with Crippen molar-refractivity contribution in [2.24, 2.45) is 0 Å². The van der Waals surface area contributed by atoms with Gasteiger partial charge in [-0.2, -0.15) is 0 Å². The molecule has 2 aromatic carbocycles. The normalized spacial score (nSPS) is 10.3. The zero-order chi connectivity index (χ0) is 17.4. The van der Waals surface area contributed by atoms with Gasteiger partial charge < -0.3 is 14.2 Å². The molecule has 0 heterocycles. The average molecular weight is 412 g/mol. The van der Waals surface area contributed by atoms with E-state index in [2.05, 4.69) is 22.5 Å². The lowest BCUT2D eigenvalue weighted by Gasteiger charge is -2.12. The van der Waals surface area contributed by atoms with Crippen LogP contribution in [0.2, 0.25) is 5.02 Å². The fraction of sp³-hybridized carbons (Fsp3) is 0.263. The Hall–Kier alpha value is -1.65. The Morgan fingerprint density at radius 1 is 1.04 bits per heavy atom. The van der Waals surface area contributed by atoms with Gasteiger partial charge in [0.05, 0.1) is 24.8 Å². The number of methoxy groups -OCH3 is 1. The van der Waals surface area contributed by atoms with Gasteiger partial charge in [0.2, 0.25) is 0 Å². The number of allylic oxidation sites excluding steroid dienone is 1. The summed E-state index contributed by atoms with van der Waals surface area (Å²) >= 11 is 9.33. The van der Waals surface area contributed by atoms with Gasteiger partial charge in [0.1, 0.15) is 5.75 Å². The van der Waals surface area contributed by atoms with Crippen LogP contribution in [0.15, 0.2) is 53.5 Å². The molecule has 0 fully saturated rings. The van der Waals surface area contributed by atoms with Crippen LogP contribution in [0.25, 0.3) is 0 Å². The standard InChI is InChI=1S/C19H20BrClO3/c1-3-5-14-6-8-18(19(12-14)22-2)24-11-4-10-23-17-9-7-15(21)13-16(17)20/h3,6-9,12-13H,1,4-5,10-11H2,2H3. The predicted octanol–water partition coefficient (Wildman–Crippen LogP) is 5.69. The summed E-state index contributed by atoms with van der Waals surface area (Å²) in [5.74, 6) is 2.24. The van der Waals surface area contributed by atoms with E-state index in [9.17, 15) is 0 Å². The molecule has 5 heteroatoms. The smallest absolute Gasteiger partial charge is 0.161 e. The zero-order valence-corrected chi connectivity index (χ0v) is 15.9. The summed E-state index contributed by atoms with van der Waals surface area (Å²) in [6, 6.07) is 11.4. The van der Waals surface area contributed by atoms with Gasteiger partial charge in [0, 0.05) is 11.4 Å². The Labute approximate surface area is 156 Å². The van der Waals surface area contributed by atoms with E-state index in [4.69, 9.17) is 25.8 Å². The van der Waals surface area contributed by atoms with E-state index >= 15 is 0 Å². The lowest BCUT2D eigenvalue weighted by molar-refractivity contribution is 0.239. The third-order valence-electron chi connectivity index (χ3n) is 3.31. The second-order valence-electron chi connectivity index (χ2n) is 5.10. The maximum atomic E-state index is 5.91. The molecule has 24 heavy (non-hydrogen) atoms. The quantitative estimate of drug-likeness (QED) is 0.392. The third kappa shape index (κ3) is 5.46. The van der Waals surface area contributed by atoms with Crippen molar-refractivity contribution in [1.82, 2.24) is 0 Å². The summed E-state index contributed by atoms with van der Waals surface area (Å²) < 4.78 is 17.7. The number of rotatable bonds is 9. The van der Waals surface area contributed by atoms with Gasteiger partial charge in [-0.1, -0.05) is 23.7 Å². The van der Waals surface area contributed by atoms with E-state index in [1.807, 2.05) is 36.4 Å². The Morgan fingerprint density at radius 2 is 1.75 bits per heavy atom. The largest absolute Gasteiger partial charge is 0.493 e. The van der Waals surface area contributed by atoms with Crippen LogP contribution >= 0.6 is 27.5 Å². The van der Waals surface area contributed by atoms with Crippen LogP contribution in [0.1, 0.15) is 12.0 Å². The molecule has 0 N–H and O–H groups in total. The van der Waals surface area contributed by atoms with Crippen LogP contribution < -0.4 is 14.2 Å². The molecule has 0 amide bonds. The van der Waals surface area contributed by atoms with Crippen LogP contribution in [0.3, 0.4) is 0 Å². The van der Waals surface area contributed by atoms with E-state index in [0.717, 1.165) is 40.1 Å². The molecule has 0 unspecified atom stereocenters. The highest BCUT2D eigenvalue weighted by Crippen LogP contribution is 2.29. The Kier molecular flexibility index (Phi) is 7.47. The lowest BCUT2D eigenvalue weighted by Crippen LogP contribution is -2.06. The number of hydrogen-bond acceptors (Lipinski definition) is 3. The molecule has 0 radical (unpaired) electrons. The first-order valence-electron chi connectivity index (χ1n) is 7.62. The van der Waals surface area contributed by atoms with Crippen LogP contribution in [0.4, 0.5) is 0 Å². The first-order chi connectivity index (χ1) is 11.6. The van der Waals surface area contributed by atoms with E-state index in [-0.39, 0.29) is 0 Å². The molecular weight excluding hydrogens is 392 g/mol. The van der Waals surface area contributed by atoms with Gasteiger partial charge in [0.15, 0.2) is 11.5 Å². The Morgan fingerprint density at radius 3 is 2.42 bits per heavy atom. The highest BCUT2D eigenvalue weighted by Gasteiger charge is 2.06. The van der Waals surface area contributed by atoms with Gasteiger partial charge in [0.25, 0.3) is 0 Å². The summed E-state index contributed by atoms with van der Waals surface area (Å²) in [5, 5.41) is 0.671. The van der Waals surface area contributed by atoms with E-state index in [0.29, 0.717) is 18.2 Å².